The minimum atomic E-state index is 0.104. The smallest absolute Gasteiger partial charge is 0.233 e. The molecule has 2 aliphatic rings. The molecule has 27 heavy (non-hydrogen) atoms. The quantitative estimate of drug-likeness (QED) is 0.684. The van der Waals surface area contributed by atoms with Gasteiger partial charge in [-0.2, -0.15) is 0 Å². The van der Waals surface area contributed by atoms with Crippen molar-refractivity contribution in [3.8, 4) is 28.6 Å². The van der Waals surface area contributed by atoms with Crippen molar-refractivity contribution in [2.75, 3.05) is 0 Å². The molecule has 8 heteroatoms. The van der Waals surface area contributed by atoms with Gasteiger partial charge in [-0.3, -0.25) is 0 Å². The van der Waals surface area contributed by atoms with E-state index < -0.39 is 0 Å². The number of hydrogen-bond acceptors (Lipinski definition) is 7. The van der Waals surface area contributed by atoms with Crippen LogP contribution in [-0.2, 0) is 0 Å². The highest BCUT2D eigenvalue weighted by atomic mass is 16.5. The first kappa shape index (κ1) is 16.0. The first-order valence-electron chi connectivity index (χ1n) is 8.89. The number of benzene rings is 1. The van der Waals surface area contributed by atoms with Crippen molar-refractivity contribution in [3.05, 3.63) is 54.9 Å². The van der Waals surface area contributed by atoms with E-state index in [1.807, 2.05) is 6.07 Å². The zero-order valence-corrected chi connectivity index (χ0v) is 14.4. The monoisotopic (exact) mass is 362 g/mol. The van der Waals surface area contributed by atoms with Crippen LogP contribution in [0, 0.1) is 0 Å². The van der Waals surface area contributed by atoms with E-state index in [4.69, 9.17) is 4.74 Å². The molecule has 0 amide bonds. The van der Waals surface area contributed by atoms with Gasteiger partial charge in [0, 0.05) is 42.6 Å². The second-order valence-electron chi connectivity index (χ2n) is 6.78. The van der Waals surface area contributed by atoms with Gasteiger partial charge in [0.25, 0.3) is 0 Å². The van der Waals surface area contributed by atoms with Gasteiger partial charge < -0.3 is 15.2 Å². The molecule has 0 saturated carbocycles. The maximum absolute atomic E-state index is 10.4. The van der Waals surface area contributed by atoms with E-state index in [9.17, 15) is 5.11 Å². The summed E-state index contributed by atoms with van der Waals surface area (Å²) in [5.41, 5.74) is 1.90. The number of piperidine rings is 1. The van der Waals surface area contributed by atoms with Gasteiger partial charge in [-0.05, 0) is 18.2 Å². The number of ether oxygens (including phenoxy) is 1. The molecular formula is C19H18N6O2. The molecule has 1 fully saturated rings. The normalized spacial score (nSPS) is 23.5. The van der Waals surface area contributed by atoms with Crippen LogP contribution in [0.4, 0.5) is 0 Å². The molecule has 0 aliphatic carbocycles. The minimum absolute atomic E-state index is 0.104. The second-order valence-corrected chi connectivity index (χ2v) is 6.78. The summed E-state index contributed by atoms with van der Waals surface area (Å²) < 4.78 is 7.57. The van der Waals surface area contributed by atoms with E-state index in [1.165, 1.54) is 0 Å². The number of aromatic hydroxyl groups is 1. The Labute approximate surface area is 155 Å². The molecular weight excluding hydrogens is 344 g/mol. The number of hydrogen-bond donors (Lipinski definition) is 2. The predicted molar refractivity (Wildman–Crippen MR) is 97.6 cm³/mol. The third kappa shape index (κ3) is 3.15. The van der Waals surface area contributed by atoms with Crippen molar-refractivity contribution in [2.24, 2.45) is 0 Å². The van der Waals surface area contributed by atoms with Crippen LogP contribution in [-0.4, -0.2) is 48.5 Å². The Hall–Kier alpha value is -3.26. The van der Waals surface area contributed by atoms with Crippen LogP contribution in [0.3, 0.4) is 0 Å². The molecule has 136 valence electrons. The third-order valence-corrected chi connectivity index (χ3v) is 4.91. The van der Waals surface area contributed by atoms with Gasteiger partial charge in [0.1, 0.15) is 11.9 Å². The zero-order valence-electron chi connectivity index (χ0n) is 14.4. The molecule has 3 aromatic rings. The summed E-state index contributed by atoms with van der Waals surface area (Å²) in [6.07, 6.45) is 9.69. The van der Waals surface area contributed by atoms with Crippen molar-refractivity contribution in [3.63, 3.8) is 0 Å². The number of fused-ring (bicyclic) bond motifs is 2. The van der Waals surface area contributed by atoms with Gasteiger partial charge in [-0.1, -0.05) is 17.4 Å². The lowest BCUT2D eigenvalue weighted by Gasteiger charge is -2.29. The number of rotatable bonds is 4. The molecule has 1 aromatic carbocycles. The Bertz CT molecular complexity index is 956. The molecule has 8 nitrogen and oxygen atoms in total. The first-order valence-corrected chi connectivity index (χ1v) is 8.89. The molecule has 2 bridgehead atoms. The van der Waals surface area contributed by atoms with E-state index in [0.29, 0.717) is 29.2 Å². The maximum atomic E-state index is 10.4. The van der Waals surface area contributed by atoms with Crippen LogP contribution >= 0.6 is 0 Å². The predicted octanol–water partition coefficient (Wildman–Crippen LogP) is 1.87. The molecule has 2 atom stereocenters. The molecule has 2 aliphatic heterocycles. The summed E-state index contributed by atoms with van der Waals surface area (Å²) in [4.78, 5) is 0. The standard InChI is InChI=1S/C19H18N6O2/c26-18-11-14(25-8-7-20-24-25)3-4-16(18)17-5-6-19(23-22-17)27-15-9-12-1-2-13(10-15)21-12/h1-8,11-13,15,21,26H,9-10H2. The maximum Gasteiger partial charge on any atom is 0.233 e. The third-order valence-electron chi connectivity index (χ3n) is 4.91. The van der Waals surface area contributed by atoms with Crippen LogP contribution in [0.25, 0.3) is 16.9 Å². The van der Waals surface area contributed by atoms with Crippen molar-refractivity contribution in [2.45, 2.75) is 31.0 Å². The van der Waals surface area contributed by atoms with Crippen molar-refractivity contribution in [1.82, 2.24) is 30.5 Å². The Kier molecular flexibility index (Phi) is 3.83. The molecule has 0 spiro atoms. The largest absolute Gasteiger partial charge is 0.507 e. The number of phenolic OH excluding ortho intramolecular Hbond substituents is 1. The van der Waals surface area contributed by atoms with Crippen molar-refractivity contribution >= 4 is 0 Å². The minimum Gasteiger partial charge on any atom is -0.507 e. The lowest BCUT2D eigenvalue weighted by Crippen LogP contribution is -2.43. The van der Waals surface area contributed by atoms with Crippen LogP contribution in [0.2, 0.25) is 0 Å². The molecule has 2 unspecified atom stereocenters. The lowest BCUT2D eigenvalue weighted by molar-refractivity contribution is 0.135. The van der Waals surface area contributed by atoms with Crippen LogP contribution in [0.5, 0.6) is 11.6 Å². The topological polar surface area (TPSA) is 98.0 Å². The highest BCUT2D eigenvalue weighted by Gasteiger charge is 2.30. The van der Waals surface area contributed by atoms with Crippen molar-refractivity contribution in [1.29, 1.82) is 0 Å². The number of nitrogens with zero attached hydrogens (tertiary/aromatic N) is 5. The van der Waals surface area contributed by atoms with E-state index in [1.54, 1.807) is 41.3 Å². The SMILES string of the molecule is Oc1cc(-n2ccnn2)ccc1-c1ccc(OC2CC3C=CC(C2)N3)nn1. The Morgan fingerprint density at radius 1 is 1.07 bits per heavy atom. The van der Waals surface area contributed by atoms with Crippen molar-refractivity contribution < 1.29 is 9.84 Å². The average Bonchev–Trinajstić information content (AvgIpc) is 3.32. The van der Waals surface area contributed by atoms with Gasteiger partial charge in [0.2, 0.25) is 5.88 Å². The van der Waals surface area contributed by atoms with Gasteiger partial charge in [0.05, 0.1) is 23.8 Å². The summed E-state index contributed by atoms with van der Waals surface area (Å²) >= 11 is 0. The average molecular weight is 362 g/mol. The zero-order chi connectivity index (χ0) is 18.2. The van der Waals surface area contributed by atoms with E-state index >= 15 is 0 Å². The summed E-state index contributed by atoms with van der Waals surface area (Å²) in [5, 5.41) is 29.9. The molecule has 2 aromatic heterocycles. The van der Waals surface area contributed by atoms with E-state index in [2.05, 4.69) is 38.0 Å². The Morgan fingerprint density at radius 3 is 2.59 bits per heavy atom. The summed E-state index contributed by atoms with van der Waals surface area (Å²) in [6, 6.07) is 9.63. The second kappa shape index (κ2) is 6.48. The molecule has 5 rings (SSSR count). The Morgan fingerprint density at radius 2 is 1.93 bits per heavy atom. The van der Waals surface area contributed by atoms with Crippen LogP contribution in [0.15, 0.2) is 54.9 Å². The molecule has 2 N–H and O–H groups in total. The van der Waals surface area contributed by atoms with Crippen LogP contribution < -0.4 is 10.1 Å². The fourth-order valence-electron chi connectivity index (χ4n) is 3.63. The number of nitrogens with one attached hydrogen (secondary N) is 1. The fraction of sp³-hybridized carbons (Fsp3) is 0.263. The van der Waals surface area contributed by atoms with Gasteiger partial charge in [0.15, 0.2) is 0 Å². The summed E-state index contributed by atoms with van der Waals surface area (Å²) in [5.74, 6) is 0.607. The van der Waals surface area contributed by atoms with Gasteiger partial charge in [-0.15, -0.1) is 15.3 Å². The molecule has 0 radical (unpaired) electrons. The van der Waals surface area contributed by atoms with E-state index in [-0.39, 0.29) is 11.9 Å². The van der Waals surface area contributed by atoms with Gasteiger partial charge in [-0.25, -0.2) is 4.68 Å². The first-order chi connectivity index (χ1) is 13.2. The number of phenols is 1. The highest BCUT2D eigenvalue weighted by molar-refractivity contribution is 5.68. The summed E-state index contributed by atoms with van der Waals surface area (Å²) in [6.45, 7) is 0. The lowest BCUT2D eigenvalue weighted by atomic mass is 10.0. The highest BCUT2D eigenvalue weighted by Crippen LogP contribution is 2.30. The van der Waals surface area contributed by atoms with Crippen LogP contribution in [0.1, 0.15) is 12.8 Å². The Balaban J connectivity index is 1.31. The number of aromatic nitrogens is 5. The van der Waals surface area contributed by atoms with Gasteiger partial charge >= 0.3 is 0 Å². The van der Waals surface area contributed by atoms with E-state index in [0.717, 1.165) is 18.5 Å². The molecule has 1 saturated heterocycles. The molecule has 4 heterocycles. The summed E-state index contributed by atoms with van der Waals surface area (Å²) in [7, 11) is 0. The fourth-order valence-corrected chi connectivity index (χ4v) is 3.63.